The Morgan fingerprint density at radius 3 is 2.76 bits per heavy atom. The lowest BCUT2D eigenvalue weighted by Gasteiger charge is -2.15. The number of aryl methyl sites for hydroxylation is 2. The summed E-state index contributed by atoms with van der Waals surface area (Å²) in [5.41, 5.74) is 2.60. The van der Waals surface area contributed by atoms with E-state index < -0.39 is 5.97 Å². The summed E-state index contributed by atoms with van der Waals surface area (Å²) in [7, 11) is 1.35. The number of halogens is 1. The number of carbonyl (C=O) groups is 1. The maximum absolute atomic E-state index is 11.8. The van der Waals surface area contributed by atoms with Crippen LogP contribution in [0, 0.1) is 19.8 Å². The molecule has 1 unspecified atom stereocenters. The van der Waals surface area contributed by atoms with Crippen LogP contribution in [-0.4, -0.2) is 45.4 Å². The first-order valence-corrected chi connectivity index (χ1v) is 11.0. The van der Waals surface area contributed by atoms with Gasteiger partial charge >= 0.3 is 5.97 Å². The van der Waals surface area contributed by atoms with Crippen molar-refractivity contribution in [3.05, 3.63) is 52.5 Å². The first-order chi connectivity index (χ1) is 15.5. The molecule has 1 aromatic heterocycles. The topological polar surface area (TPSA) is 94.3 Å². The fourth-order valence-electron chi connectivity index (χ4n) is 3.47. The van der Waals surface area contributed by atoms with Gasteiger partial charge in [0, 0.05) is 24.6 Å². The molecule has 0 amide bonds. The molecular formula is C24H34IN3O5. The van der Waals surface area contributed by atoms with E-state index >= 15 is 0 Å². The quantitative estimate of drug-likeness (QED) is 0.204. The highest BCUT2D eigenvalue weighted by Gasteiger charge is 2.17. The van der Waals surface area contributed by atoms with Crippen LogP contribution >= 0.6 is 24.0 Å². The number of esters is 1. The van der Waals surface area contributed by atoms with Gasteiger partial charge in [0.15, 0.2) is 5.96 Å². The van der Waals surface area contributed by atoms with E-state index in [1.165, 1.54) is 7.11 Å². The predicted octanol–water partition coefficient (Wildman–Crippen LogP) is 3.97. The van der Waals surface area contributed by atoms with Crippen molar-refractivity contribution < 1.29 is 23.4 Å². The molecule has 9 heteroatoms. The Balaban J connectivity index is 0.00000385. The van der Waals surface area contributed by atoms with Gasteiger partial charge in [-0.2, -0.15) is 0 Å². The third-order valence-electron chi connectivity index (χ3n) is 5.28. The van der Waals surface area contributed by atoms with Crippen molar-refractivity contribution in [2.75, 3.05) is 33.5 Å². The smallest absolute Gasteiger partial charge is 0.341 e. The summed E-state index contributed by atoms with van der Waals surface area (Å²) >= 11 is 0. The number of furan rings is 1. The van der Waals surface area contributed by atoms with E-state index in [1.54, 1.807) is 13.0 Å². The summed E-state index contributed by atoms with van der Waals surface area (Å²) in [5.74, 6) is 2.71. The van der Waals surface area contributed by atoms with E-state index in [9.17, 15) is 4.79 Å². The van der Waals surface area contributed by atoms with E-state index in [0.29, 0.717) is 48.7 Å². The molecule has 0 spiro atoms. The standard InChI is InChI=1S/C24H33N3O5.HI/c1-5-25-24(27-13-20-11-21(17(3)32-20)23(28)29-4)26-12-19-7-6-16(2)10-22(19)31-15-18-8-9-30-14-18;/h6-7,10-11,18H,5,8-9,12-15H2,1-4H3,(H2,25,26,27);1H. The van der Waals surface area contributed by atoms with Crippen LogP contribution < -0.4 is 15.4 Å². The lowest BCUT2D eigenvalue weighted by molar-refractivity contribution is 0.0599. The molecule has 1 aromatic carbocycles. The summed E-state index contributed by atoms with van der Waals surface area (Å²) in [4.78, 5) is 16.5. The number of benzene rings is 1. The maximum atomic E-state index is 11.8. The van der Waals surface area contributed by atoms with Gasteiger partial charge in [-0.25, -0.2) is 9.79 Å². The van der Waals surface area contributed by atoms with Gasteiger partial charge in [0.05, 0.1) is 33.4 Å². The minimum Gasteiger partial charge on any atom is -0.493 e. The first kappa shape index (κ1) is 27.0. The van der Waals surface area contributed by atoms with Crippen molar-refractivity contribution in [1.29, 1.82) is 0 Å². The van der Waals surface area contributed by atoms with Crippen LogP contribution in [0.5, 0.6) is 5.75 Å². The van der Waals surface area contributed by atoms with Crippen molar-refractivity contribution >= 4 is 35.9 Å². The molecule has 2 aromatic rings. The van der Waals surface area contributed by atoms with Crippen molar-refractivity contribution in [2.24, 2.45) is 10.9 Å². The van der Waals surface area contributed by atoms with Crippen molar-refractivity contribution in [2.45, 2.75) is 40.3 Å². The highest BCUT2D eigenvalue weighted by molar-refractivity contribution is 14.0. The lowest BCUT2D eigenvalue weighted by atomic mass is 10.1. The molecule has 0 aliphatic carbocycles. The maximum Gasteiger partial charge on any atom is 0.341 e. The summed E-state index contributed by atoms with van der Waals surface area (Å²) in [6.45, 7) is 9.61. The van der Waals surface area contributed by atoms with Gasteiger partial charge in [0.25, 0.3) is 0 Å². The van der Waals surface area contributed by atoms with E-state index in [1.807, 2.05) is 6.92 Å². The Bertz CT molecular complexity index is 938. The Kier molecular flexibility index (Phi) is 11.0. The van der Waals surface area contributed by atoms with Gasteiger partial charge in [-0.3, -0.25) is 0 Å². The molecule has 33 heavy (non-hydrogen) atoms. The molecule has 0 saturated carbocycles. The largest absolute Gasteiger partial charge is 0.493 e. The van der Waals surface area contributed by atoms with E-state index in [-0.39, 0.29) is 24.0 Å². The SMILES string of the molecule is CCNC(=NCc1ccc(C)cc1OCC1CCOC1)NCc1cc(C(=O)OC)c(C)o1.I. The molecule has 2 heterocycles. The van der Waals surface area contributed by atoms with Crippen LogP contribution in [-0.2, 0) is 22.6 Å². The van der Waals surface area contributed by atoms with Crippen LogP contribution in [0.4, 0.5) is 0 Å². The Morgan fingerprint density at radius 1 is 1.24 bits per heavy atom. The third-order valence-corrected chi connectivity index (χ3v) is 5.28. The van der Waals surface area contributed by atoms with E-state index in [2.05, 4.69) is 35.8 Å². The average Bonchev–Trinajstić information content (AvgIpc) is 3.44. The molecular weight excluding hydrogens is 537 g/mol. The van der Waals surface area contributed by atoms with Gasteiger partial charge in [0.1, 0.15) is 22.8 Å². The first-order valence-electron chi connectivity index (χ1n) is 11.0. The van der Waals surface area contributed by atoms with Gasteiger partial charge in [-0.1, -0.05) is 12.1 Å². The fraction of sp³-hybridized carbons (Fsp3) is 0.500. The van der Waals surface area contributed by atoms with E-state index in [4.69, 9.17) is 23.6 Å². The second kappa shape index (κ2) is 13.4. The number of hydrogen-bond acceptors (Lipinski definition) is 6. The van der Waals surface area contributed by atoms with Crippen molar-refractivity contribution in [3.8, 4) is 5.75 Å². The summed E-state index contributed by atoms with van der Waals surface area (Å²) in [6.07, 6.45) is 1.04. The monoisotopic (exact) mass is 571 g/mol. The zero-order chi connectivity index (χ0) is 22.9. The van der Waals surface area contributed by atoms with Crippen molar-refractivity contribution in [1.82, 2.24) is 10.6 Å². The number of guanidine groups is 1. The Hall–Kier alpha value is -2.27. The zero-order valence-electron chi connectivity index (χ0n) is 19.7. The number of rotatable bonds is 9. The molecule has 1 fully saturated rings. The minimum atomic E-state index is -0.408. The number of methoxy groups -OCH3 is 1. The van der Waals surface area contributed by atoms with Crippen molar-refractivity contribution in [3.63, 3.8) is 0 Å². The predicted molar refractivity (Wildman–Crippen MR) is 137 cm³/mol. The molecule has 182 valence electrons. The van der Waals surface area contributed by atoms with Crippen LogP contribution in [0.25, 0.3) is 0 Å². The number of aliphatic imine (C=N–C) groups is 1. The van der Waals surface area contributed by atoms with Gasteiger partial charge in [-0.05, 0) is 44.9 Å². The average molecular weight is 571 g/mol. The highest BCUT2D eigenvalue weighted by Crippen LogP contribution is 2.23. The zero-order valence-corrected chi connectivity index (χ0v) is 22.1. The number of carbonyl (C=O) groups excluding carboxylic acids is 1. The second-order valence-corrected chi connectivity index (χ2v) is 7.87. The van der Waals surface area contributed by atoms with Gasteiger partial charge in [-0.15, -0.1) is 24.0 Å². The van der Waals surface area contributed by atoms with Gasteiger partial charge in [0.2, 0.25) is 0 Å². The van der Waals surface area contributed by atoms with Crippen LogP contribution in [0.1, 0.15) is 46.3 Å². The normalized spacial score (nSPS) is 15.6. The summed E-state index contributed by atoms with van der Waals surface area (Å²) in [6, 6.07) is 7.87. The minimum absolute atomic E-state index is 0. The van der Waals surface area contributed by atoms with Crippen LogP contribution in [0.3, 0.4) is 0 Å². The molecule has 2 N–H and O–H groups in total. The molecule has 3 rings (SSSR count). The number of hydrogen-bond donors (Lipinski definition) is 2. The molecule has 1 aliphatic heterocycles. The lowest BCUT2D eigenvalue weighted by Crippen LogP contribution is -2.36. The second-order valence-electron chi connectivity index (χ2n) is 7.87. The number of ether oxygens (including phenoxy) is 3. The number of nitrogens with zero attached hydrogens (tertiary/aromatic N) is 1. The number of nitrogens with one attached hydrogen (secondary N) is 2. The Morgan fingerprint density at radius 2 is 2.06 bits per heavy atom. The third kappa shape index (κ3) is 7.92. The van der Waals surface area contributed by atoms with E-state index in [0.717, 1.165) is 43.1 Å². The van der Waals surface area contributed by atoms with Gasteiger partial charge < -0.3 is 29.3 Å². The molecule has 1 saturated heterocycles. The molecule has 8 nitrogen and oxygen atoms in total. The summed E-state index contributed by atoms with van der Waals surface area (Å²) in [5, 5.41) is 6.48. The highest BCUT2D eigenvalue weighted by atomic mass is 127. The van der Waals surface area contributed by atoms with Crippen LogP contribution in [0.2, 0.25) is 0 Å². The molecule has 0 bridgehead atoms. The molecule has 1 aliphatic rings. The fourth-order valence-corrected chi connectivity index (χ4v) is 3.47. The molecule has 0 radical (unpaired) electrons. The van der Waals surface area contributed by atoms with Crippen LogP contribution in [0.15, 0.2) is 33.7 Å². The summed E-state index contributed by atoms with van der Waals surface area (Å²) < 4.78 is 22.0. The molecule has 1 atom stereocenters. The Labute approximate surface area is 212 Å².